The quantitative estimate of drug-likeness (QED) is 0.216. The van der Waals surface area contributed by atoms with Crippen molar-refractivity contribution in [1.29, 1.82) is 0 Å². The third kappa shape index (κ3) is 8.17. The summed E-state index contributed by atoms with van der Waals surface area (Å²) in [6, 6.07) is 6.16. The molecule has 0 aliphatic heterocycles. The first-order valence-corrected chi connectivity index (χ1v) is 10.1. The zero-order chi connectivity index (χ0) is 20.4. The van der Waals surface area contributed by atoms with E-state index in [-0.39, 0.29) is 29.4 Å². The fourth-order valence-corrected chi connectivity index (χ4v) is 2.80. The van der Waals surface area contributed by atoms with Crippen molar-refractivity contribution >= 4 is 27.5 Å². The van der Waals surface area contributed by atoms with Gasteiger partial charge in [0.15, 0.2) is 11.5 Å². The fraction of sp³-hybridized carbons (Fsp3) is 0.421. The lowest BCUT2D eigenvalue weighted by Gasteiger charge is -2.08. The van der Waals surface area contributed by atoms with Crippen LogP contribution >= 0.6 is 0 Å². The number of carbonyl (C=O) groups excluding carboxylic acids is 2. The van der Waals surface area contributed by atoms with Gasteiger partial charge in [0.25, 0.3) is 10.0 Å². The van der Waals surface area contributed by atoms with Crippen molar-refractivity contribution in [3.63, 3.8) is 0 Å². The second kappa shape index (κ2) is 10.6. The summed E-state index contributed by atoms with van der Waals surface area (Å²) in [6.45, 7) is 7.44. The van der Waals surface area contributed by atoms with E-state index in [1.807, 2.05) is 18.7 Å². The molecule has 1 aromatic carbocycles. The van der Waals surface area contributed by atoms with Gasteiger partial charge in [-0.25, -0.2) is 4.79 Å². The van der Waals surface area contributed by atoms with Gasteiger partial charge < -0.3 is 4.74 Å². The van der Waals surface area contributed by atoms with Crippen molar-refractivity contribution in [1.82, 2.24) is 4.83 Å². The van der Waals surface area contributed by atoms with E-state index < -0.39 is 16.0 Å². The van der Waals surface area contributed by atoms with Crippen molar-refractivity contribution in [3.05, 3.63) is 41.5 Å². The topological polar surface area (TPSA) is 102 Å². The zero-order valence-corrected chi connectivity index (χ0v) is 16.9. The Bertz CT molecular complexity index is 820. The van der Waals surface area contributed by atoms with Crippen molar-refractivity contribution in [2.24, 2.45) is 5.10 Å². The van der Waals surface area contributed by atoms with Crippen LogP contribution in [0.5, 0.6) is 0 Å². The van der Waals surface area contributed by atoms with E-state index in [9.17, 15) is 18.0 Å². The Hall–Kier alpha value is -2.48. The second-order valence-electron chi connectivity index (χ2n) is 6.32. The fourth-order valence-electron chi connectivity index (χ4n) is 1.97. The number of rotatable bonds is 10. The van der Waals surface area contributed by atoms with Gasteiger partial charge in [-0.15, -0.1) is 0 Å². The number of hydrogen-bond acceptors (Lipinski definition) is 6. The van der Waals surface area contributed by atoms with Gasteiger partial charge in [-0.1, -0.05) is 36.6 Å². The Morgan fingerprint density at radius 1 is 1.19 bits per heavy atom. The SMILES string of the molecule is CCCCOC(=O)C(CC(=O)C=C(C)C)=NNS(=O)(=O)c1ccc(C)cc1. The van der Waals surface area contributed by atoms with E-state index in [4.69, 9.17) is 4.74 Å². The maximum absolute atomic E-state index is 12.3. The van der Waals surface area contributed by atoms with Crippen LogP contribution in [0.2, 0.25) is 0 Å². The van der Waals surface area contributed by atoms with Crippen molar-refractivity contribution < 1.29 is 22.7 Å². The Kier molecular flexibility index (Phi) is 8.87. The summed E-state index contributed by atoms with van der Waals surface area (Å²) in [5.41, 5.74) is 1.38. The standard InChI is InChI=1S/C19H26N2O5S/c1-5-6-11-26-19(23)18(13-16(22)12-14(2)3)20-21-27(24,25)17-9-7-15(4)8-10-17/h7-10,12,21H,5-6,11,13H2,1-4H3. The van der Waals surface area contributed by atoms with Crippen LogP contribution in [-0.4, -0.2) is 32.5 Å². The summed E-state index contributed by atoms with van der Waals surface area (Å²) in [7, 11) is -3.96. The highest BCUT2D eigenvalue weighted by molar-refractivity contribution is 7.89. The van der Waals surface area contributed by atoms with E-state index in [1.54, 1.807) is 26.0 Å². The van der Waals surface area contributed by atoms with Gasteiger partial charge >= 0.3 is 5.97 Å². The van der Waals surface area contributed by atoms with Crippen LogP contribution < -0.4 is 4.83 Å². The summed E-state index contributed by atoms with van der Waals surface area (Å²) in [5.74, 6) is -1.18. The number of benzene rings is 1. The van der Waals surface area contributed by atoms with Gasteiger partial charge in [-0.2, -0.15) is 18.4 Å². The molecule has 1 rings (SSSR count). The summed E-state index contributed by atoms with van der Waals surface area (Å²) in [6.07, 6.45) is 2.50. The zero-order valence-electron chi connectivity index (χ0n) is 16.1. The highest BCUT2D eigenvalue weighted by atomic mass is 32.2. The van der Waals surface area contributed by atoms with Crippen LogP contribution in [0.3, 0.4) is 0 Å². The van der Waals surface area contributed by atoms with Gasteiger partial charge in [0.1, 0.15) is 0 Å². The van der Waals surface area contributed by atoms with E-state index in [1.165, 1.54) is 18.2 Å². The molecule has 148 valence electrons. The number of unbranched alkanes of at least 4 members (excludes halogenated alkanes) is 1. The lowest BCUT2D eigenvalue weighted by atomic mass is 10.1. The molecule has 0 aliphatic rings. The molecule has 0 unspecified atom stereocenters. The van der Waals surface area contributed by atoms with Crippen molar-refractivity contribution in [3.8, 4) is 0 Å². The normalized spacial score (nSPS) is 11.6. The molecule has 0 radical (unpaired) electrons. The van der Waals surface area contributed by atoms with Crippen LogP contribution in [0.15, 0.2) is 45.9 Å². The smallest absolute Gasteiger partial charge is 0.354 e. The average Bonchev–Trinajstić information content (AvgIpc) is 2.58. The van der Waals surface area contributed by atoms with Crippen LogP contribution in [0.1, 0.15) is 45.6 Å². The van der Waals surface area contributed by atoms with Crippen LogP contribution in [0.4, 0.5) is 0 Å². The molecular weight excluding hydrogens is 368 g/mol. The van der Waals surface area contributed by atoms with E-state index >= 15 is 0 Å². The molecular formula is C19H26N2O5S. The van der Waals surface area contributed by atoms with Gasteiger partial charge in [-0.05, 0) is 45.4 Å². The number of hydrazone groups is 1. The first kappa shape index (κ1) is 22.6. The minimum atomic E-state index is -3.96. The molecule has 0 fully saturated rings. The second-order valence-corrected chi connectivity index (χ2v) is 7.98. The molecule has 0 amide bonds. The number of carbonyl (C=O) groups is 2. The minimum absolute atomic E-state index is 0.00572. The maximum atomic E-state index is 12.3. The summed E-state index contributed by atoms with van der Waals surface area (Å²) < 4.78 is 29.7. The molecule has 1 N–H and O–H groups in total. The molecule has 0 saturated heterocycles. The minimum Gasteiger partial charge on any atom is -0.461 e. The Labute approximate surface area is 160 Å². The first-order chi connectivity index (χ1) is 12.7. The highest BCUT2D eigenvalue weighted by Gasteiger charge is 2.19. The maximum Gasteiger partial charge on any atom is 0.354 e. The predicted molar refractivity (Wildman–Crippen MR) is 104 cm³/mol. The molecule has 0 heterocycles. The highest BCUT2D eigenvalue weighted by Crippen LogP contribution is 2.10. The number of esters is 1. The predicted octanol–water partition coefficient (Wildman–Crippen LogP) is 2.90. The van der Waals surface area contributed by atoms with Gasteiger partial charge in [0, 0.05) is 0 Å². The molecule has 0 aliphatic carbocycles. The van der Waals surface area contributed by atoms with Crippen LogP contribution in [0.25, 0.3) is 0 Å². The number of ketones is 1. The molecule has 0 aromatic heterocycles. The van der Waals surface area contributed by atoms with Crippen LogP contribution in [0, 0.1) is 6.92 Å². The molecule has 0 atom stereocenters. The number of nitrogens with one attached hydrogen (secondary N) is 1. The summed E-state index contributed by atoms with van der Waals surface area (Å²) in [5, 5.41) is 3.67. The van der Waals surface area contributed by atoms with Gasteiger partial charge in [0.2, 0.25) is 0 Å². The molecule has 8 heteroatoms. The van der Waals surface area contributed by atoms with Crippen LogP contribution in [-0.2, 0) is 24.3 Å². The summed E-state index contributed by atoms with van der Waals surface area (Å²) in [4.78, 5) is 26.2. The third-order valence-corrected chi connectivity index (χ3v) is 4.61. The number of aryl methyl sites for hydroxylation is 1. The van der Waals surface area contributed by atoms with Gasteiger partial charge in [-0.3, -0.25) is 4.79 Å². The molecule has 1 aromatic rings. The average molecular weight is 394 g/mol. The molecule has 0 bridgehead atoms. The Morgan fingerprint density at radius 2 is 1.81 bits per heavy atom. The van der Waals surface area contributed by atoms with Gasteiger partial charge in [0.05, 0.1) is 17.9 Å². The molecule has 27 heavy (non-hydrogen) atoms. The van der Waals surface area contributed by atoms with E-state index in [2.05, 4.69) is 5.10 Å². The van der Waals surface area contributed by atoms with E-state index in [0.717, 1.165) is 17.6 Å². The lowest BCUT2D eigenvalue weighted by Crippen LogP contribution is -2.27. The Balaban J connectivity index is 3.01. The largest absolute Gasteiger partial charge is 0.461 e. The number of hydrogen-bond donors (Lipinski definition) is 1. The first-order valence-electron chi connectivity index (χ1n) is 8.65. The molecule has 0 spiro atoms. The third-order valence-electron chi connectivity index (χ3n) is 3.39. The van der Waals surface area contributed by atoms with Crippen molar-refractivity contribution in [2.75, 3.05) is 6.61 Å². The monoisotopic (exact) mass is 394 g/mol. The van der Waals surface area contributed by atoms with E-state index in [0.29, 0.717) is 6.42 Å². The number of ether oxygens (including phenoxy) is 1. The molecule has 0 saturated carbocycles. The lowest BCUT2D eigenvalue weighted by molar-refractivity contribution is -0.136. The number of nitrogens with zero attached hydrogens (tertiary/aromatic N) is 1. The number of sulfonamides is 1. The summed E-state index contributed by atoms with van der Waals surface area (Å²) >= 11 is 0. The molecule has 7 nitrogen and oxygen atoms in total. The number of allylic oxidation sites excluding steroid dienone is 2. The van der Waals surface area contributed by atoms with Crippen molar-refractivity contribution in [2.45, 2.75) is 51.9 Å². The Morgan fingerprint density at radius 3 is 2.37 bits per heavy atom.